The van der Waals surface area contributed by atoms with Gasteiger partial charge in [0.05, 0.1) is 0 Å². The van der Waals surface area contributed by atoms with Crippen molar-refractivity contribution < 1.29 is 74.1 Å². The molecule has 6 saturated heterocycles. The van der Waals surface area contributed by atoms with Crippen molar-refractivity contribution in [3.05, 3.63) is 0 Å². The Morgan fingerprint density at radius 3 is 0.545 bits per heavy atom. The summed E-state index contributed by atoms with van der Waals surface area (Å²) < 4.78 is 118. The lowest BCUT2D eigenvalue weighted by Crippen LogP contribution is -2.87. The molecule has 6 rings (SSSR count). The molecule has 6 heterocycles. The van der Waals surface area contributed by atoms with Crippen LogP contribution in [0.1, 0.15) is 0 Å². The van der Waals surface area contributed by atoms with Gasteiger partial charge in [-0.2, -0.15) is 0 Å². The van der Waals surface area contributed by atoms with Gasteiger partial charge in [0.2, 0.25) is 0 Å². The number of rotatable bonds is 12. The van der Waals surface area contributed by atoms with Crippen molar-refractivity contribution in [1.29, 1.82) is 0 Å². The van der Waals surface area contributed by atoms with Crippen LogP contribution in [0, 0.1) is 0 Å². The van der Waals surface area contributed by atoms with Gasteiger partial charge in [0.15, 0.2) is 54.2 Å². The second-order valence-electron chi connectivity index (χ2n) is 10.8. The van der Waals surface area contributed by atoms with Gasteiger partial charge in [-0.05, 0) is 78.6 Å². The van der Waals surface area contributed by atoms with E-state index >= 15 is 0 Å². The van der Waals surface area contributed by atoms with E-state index in [1.165, 1.54) is 0 Å². The van der Waals surface area contributed by atoms with Gasteiger partial charge >= 0.3 is 73.3 Å². The van der Waals surface area contributed by atoms with Crippen molar-refractivity contribution in [2.24, 2.45) is 0 Å². The summed E-state index contributed by atoms with van der Waals surface area (Å²) in [6.45, 7) is 22.7. The van der Waals surface area contributed by atoms with Gasteiger partial charge in [0.1, 0.15) is 0 Å². The van der Waals surface area contributed by atoms with Crippen molar-refractivity contribution in [1.82, 2.24) is 0 Å². The predicted molar refractivity (Wildman–Crippen MR) is 170 cm³/mol. The lowest BCUT2D eigenvalue weighted by atomic mass is 11.9. The fourth-order valence-corrected chi connectivity index (χ4v) is 50.9. The zero-order chi connectivity index (χ0) is 32.3. The first-order valence-electron chi connectivity index (χ1n) is 13.3. The summed E-state index contributed by atoms with van der Waals surface area (Å²) in [4.78, 5) is 0. The normalized spacial score (nSPS) is 41.3. The average molecular weight is 862 g/mol. The Balaban J connectivity index is 1.81. The Labute approximate surface area is 278 Å². The molecule has 0 atom stereocenters. The summed E-state index contributed by atoms with van der Waals surface area (Å²) in [5.74, 6) is 0. The van der Waals surface area contributed by atoms with Gasteiger partial charge in [0, 0.05) is 0 Å². The van der Waals surface area contributed by atoms with Crippen LogP contribution in [-0.4, -0.2) is 128 Å². The highest BCUT2D eigenvalue weighted by molar-refractivity contribution is 6.98. The van der Waals surface area contributed by atoms with Gasteiger partial charge in [0.25, 0.3) is 0 Å². The van der Waals surface area contributed by atoms with E-state index in [1.807, 2.05) is 78.6 Å². The quantitative estimate of drug-likeness (QED) is 0.248. The predicted octanol–water partition coefficient (Wildman–Crippen LogP) is 0.443. The third kappa shape index (κ3) is 8.60. The Bertz CT molecular complexity index is 812. The molecule has 0 aromatic carbocycles. The van der Waals surface area contributed by atoms with Crippen LogP contribution in [0.2, 0.25) is 78.6 Å². The third-order valence-corrected chi connectivity index (χ3v) is 42.5. The molecule has 18 nitrogen and oxygen atoms in total. The maximum absolute atomic E-state index is 6.71. The van der Waals surface area contributed by atoms with Crippen molar-refractivity contribution >= 4 is 128 Å². The maximum Gasteiger partial charge on any atom is 0.649 e. The minimum atomic E-state index is -4.45. The van der Waals surface area contributed by atoms with Gasteiger partial charge < -0.3 is 74.1 Å². The first kappa shape index (κ1) is 37.6. The molecule has 44 heavy (non-hydrogen) atoms. The smallest absolute Gasteiger partial charge is 0.395 e. The van der Waals surface area contributed by atoms with E-state index in [9.17, 15) is 0 Å². The first-order chi connectivity index (χ1) is 20.3. The molecule has 0 saturated carbocycles. The van der Waals surface area contributed by atoms with Crippen LogP contribution in [0.15, 0.2) is 0 Å². The summed E-state index contributed by atoms with van der Waals surface area (Å²) in [6, 6.07) is 0. The standard InChI is InChI=1S/C12H36O18Si14/c1-31(2)13-39-19-37-20-42(16-34(7)8)27-40(25-39,14-32(3)4)22-38-23-41(26-39,15-33(5)6)28-43(21-37,17-35(9)10)30-44(24-38,29-42)18-36(11)12/h1-12H3. The summed E-state index contributed by atoms with van der Waals surface area (Å²) in [7, 11) is -42.5. The highest BCUT2D eigenvalue weighted by Gasteiger charge is 2.85. The van der Waals surface area contributed by atoms with E-state index in [2.05, 4.69) is 0 Å². The first-order valence-corrected chi connectivity index (χ1v) is 40.0. The van der Waals surface area contributed by atoms with Gasteiger partial charge in [-0.3, -0.25) is 0 Å². The van der Waals surface area contributed by atoms with Crippen molar-refractivity contribution in [3.8, 4) is 0 Å². The highest BCUT2D eigenvalue weighted by atomic mass is 28.7. The largest absolute Gasteiger partial charge is 0.649 e. The molecular weight excluding hydrogens is 825 g/mol. The Kier molecular flexibility index (Phi) is 11.8. The molecule has 0 aromatic heterocycles. The molecule has 8 bridgehead atoms. The summed E-state index contributed by atoms with van der Waals surface area (Å²) >= 11 is 0. The molecule has 0 amide bonds. The average Bonchev–Trinajstić information content (AvgIpc) is 2.70. The minimum absolute atomic E-state index is 1.60. The fourth-order valence-electron chi connectivity index (χ4n) is 3.91. The zero-order valence-corrected chi connectivity index (χ0v) is 40.3. The molecule has 6 fully saturated rings. The van der Waals surface area contributed by atoms with Crippen LogP contribution in [0.3, 0.4) is 0 Å². The molecule has 0 N–H and O–H groups in total. The second-order valence-corrected chi connectivity index (χ2v) is 43.4. The van der Waals surface area contributed by atoms with E-state index in [0.717, 1.165) is 0 Å². The van der Waals surface area contributed by atoms with Crippen molar-refractivity contribution in [2.75, 3.05) is 0 Å². The van der Waals surface area contributed by atoms with Crippen LogP contribution in [-0.2, 0) is 74.1 Å². The van der Waals surface area contributed by atoms with Gasteiger partial charge in [-0.1, -0.05) is 0 Å². The molecule has 6 aliphatic heterocycles. The van der Waals surface area contributed by atoms with Gasteiger partial charge in [-0.15, -0.1) is 0 Å². The Morgan fingerprint density at radius 2 is 0.432 bits per heavy atom. The van der Waals surface area contributed by atoms with Crippen LogP contribution >= 0.6 is 0 Å². The van der Waals surface area contributed by atoms with E-state index in [1.54, 1.807) is 0 Å². The molecule has 32 heteroatoms. The summed E-state index contributed by atoms with van der Waals surface area (Å²) in [6.07, 6.45) is 0. The third-order valence-electron chi connectivity index (χ3n) is 4.72. The van der Waals surface area contributed by atoms with E-state index < -0.39 is 128 Å². The van der Waals surface area contributed by atoms with Crippen molar-refractivity contribution in [3.63, 3.8) is 0 Å². The molecule has 0 spiro atoms. The zero-order valence-electron chi connectivity index (χ0n) is 26.3. The second kappa shape index (κ2) is 13.8. The van der Waals surface area contributed by atoms with E-state index in [4.69, 9.17) is 74.1 Å². The Morgan fingerprint density at radius 1 is 0.295 bits per heavy atom. The summed E-state index contributed by atoms with van der Waals surface area (Å²) in [5, 5.41) is 0. The van der Waals surface area contributed by atoms with Crippen LogP contribution < -0.4 is 0 Å². The van der Waals surface area contributed by atoms with Crippen molar-refractivity contribution in [2.45, 2.75) is 78.6 Å². The fraction of sp³-hybridized carbons (Fsp3) is 1.00. The Hall–Kier alpha value is 2.32. The van der Waals surface area contributed by atoms with E-state index in [-0.39, 0.29) is 0 Å². The molecule has 0 unspecified atom stereocenters. The van der Waals surface area contributed by atoms with Crippen LogP contribution in [0.25, 0.3) is 0 Å². The monoisotopic (exact) mass is 860 g/mol. The molecule has 0 aromatic rings. The lowest BCUT2D eigenvalue weighted by Gasteiger charge is -2.55. The lowest BCUT2D eigenvalue weighted by molar-refractivity contribution is -0.0948. The molecule has 6 aliphatic rings. The topological polar surface area (TPSA) is 166 Å². The SMILES string of the molecule is C[Si](C)O[Si]12O[Si]3O[Si]4(O[Si](C)C)O[Si](O[Si](C)C)(O[Si]5O[Si](O[Si](C)C)(O1)O[Si](O[Si](C)C)(O3)O[Si](O[Si](C)C)(O5)O4)O2. The van der Waals surface area contributed by atoms with E-state index in [0.29, 0.717) is 0 Å². The van der Waals surface area contributed by atoms with Gasteiger partial charge in [-0.25, -0.2) is 0 Å². The molecular formula is C12H36O18Si14. The van der Waals surface area contributed by atoms with Crippen LogP contribution in [0.4, 0.5) is 0 Å². The minimum Gasteiger partial charge on any atom is -0.395 e. The molecule has 8 radical (unpaired) electrons. The molecule has 248 valence electrons. The maximum atomic E-state index is 6.71. The number of hydrogen-bond donors (Lipinski definition) is 0. The molecule has 0 aliphatic carbocycles. The van der Waals surface area contributed by atoms with Crippen LogP contribution in [0.5, 0.6) is 0 Å². The number of hydrogen-bond acceptors (Lipinski definition) is 18. The highest BCUT2D eigenvalue weighted by Crippen LogP contribution is 2.46. The summed E-state index contributed by atoms with van der Waals surface area (Å²) in [5.41, 5.74) is 0.